The predicted octanol–water partition coefficient (Wildman–Crippen LogP) is 2.87. The standard InChI is InChI=1S/C16H15F2N3O/c1-9-12(5-19-8-14(9)18)7-21-16(22)11-4-13(17)15(20-6-11)10-2-3-10/h4-6,8,10H,2-3,7H2,1H3,(H,21,22). The number of carbonyl (C=O) groups is 1. The molecule has 2 aromatic rings. The lowest BCUT2D eigenvalue weighted by molar-refractivity contribution is 0.0950. The fourth-order valence-electron chi connectivity index (χ4n) is 2.23. The van der Waals surface area contributed by atoms with Crippen LogP contribution in [0.4, 0.5) is 8.78 Å². The number of nitrogens with one attached hydrogen (secondary N) is 1. The summed E-state index contributed by atoms with van der Waals surface area (Å²) in [5, 5.41) is 2.62. The molecule has 6 heteroatoms. The first-order chi connectivity index (χ1) is 10.6. The third-order valence-electron chi connectivity index (χ3n) is 3.79. The molecule has 0 unspecified atom stereocenters. The molecule has 114 valence electrons. The second-order valence-corrected chi connectivity index (χ2v) is 5.45. The zero-order valence-corrected chi connectivity index (χ0v) is 12.1. The van der Waals surface area contributed by atoms with Gasteiger partial charge in [0.1, 0.15) is 11.6 Å². The highest BCUT2D eigenvalue weighted by atomic mass is 19.1. The zero-order valence-electron chi connectivity index (χ0n) is 12.1. The Labute approximate surface area is 126 Å². The van der Waals surface area contributed by atoms with Gasteiger partial charge >= 0.3 is 0 Å². The summed E-state index contributed by atoms with van der Waals surface area (Å²) in [6.45, 7) is 1.74. The Morgan fingerprint density at radius 2 is 2.05 bits per heavy atom. The van der Waals surface area contributed by atoms with E-state index in [0.717, 1.165) is 19.0 Å². The number of nitrogens with zero attached hydrogens (tertiary/aromatic N) is 2. The minimum absolute atomic E-state index is 0.126. The molecule has 1 saturated carbocycles. The van der Waals surface area contributed by atoms with Gasteiger partial charge in [-0.1, -0.05) is 0 Å². The van der Waals surface area contributed by atoms with Crippen LogP contribution in [0.25, 0.3) is 0 Å². The third kappa shape index (κ3) is 2.95. The van der Waals surface area contributed by atoms with E-state index in [1.807, 2.05) is 0 Å². The van der Waals surface area contributed by atoms with Gasteiger partial charge in [-0.2, -0.15) is 0 Å². The smallest absolute Gasteiger partial charge is 0.253 e. The van der Waals surface area contributed by atoms with Gasteiger partial charge in [-0.25, -0.2) is 8.78 Å². The summed E-state index contributed by atoms with van der Waals surface area (Å²) >= 11 is 0. The molecule has 4 nitrogen and oxygen atoms in total. The largest absolute Gasteiger partial charge is 0.348 e. The van der Waals surface area contributed by atoms with Crippen molar-refractivity contribution in [2.45, 2.75) is 32.2 Å². The van der Waals surface area contributed by atoms with E-state index in [2.05, 4.69) is 15.3 Å². The highest BCUT2D eigenvalue weighted by Crippen LogP contribution is 2.40. The van der Waals surface area contributed by atoms with Crippen molar-refractivity contribution in [3.8, 4) is 0 Å². The Morgan fingerprint density at radius 1 is 1.27 bits per heavy atom. The van der Waals surface area contributed by atoms with Gasteiger partial charge in [0, 0.05) is 24.9 Å². The first kappa shape index (κ1) is 14.6. The van der Waals surface area contributed by atoms with Gasteiger partial charge in [-0.05, 0) is 37.0 Å². The van der Waals surface area contributed by atoms with Gasteiger partial charge < -0.3 is 5.32 Å². The summed E-state index contributed by atoms with van der Waals surface area (Å²) in [5.74, 6) is -1.12. The molecule has 2 heterocycles. The van der Waals surface area contributed by atoms with E-state index in [1.54, 1.807) is 6.92 Å². The van der Waals surface area contributed by atoms with Crippen molar-refractivity contribution < 1.29 is 13.6 Å². The quantitative estimate of drug-likeness (QED) is 0.945. The van der Waals surface area contributed by atoms with Crippen molar-refractivity contribution in [3.05, 3.63) is 58.7 Å². The first-order valence-electron chi connectivity index (χ1n) is 7.09. The number of rotatable bonds is 4. The molecule has 3 rings (SSSR count). The number of aromatic nitrogens is 2. The van der Waals surface area contributed by atoms with Crippen molar-refractivity contribution in [1.29, 1.82) is 0 Å². The average Bonchev–Trinajstić information content (AvgIpc) is 3.33. The number of hydrogen-bond acceptors (Lipinski definition) is 3. The van der Waals surface area contributed by atoms with Gasteiger partial charge in [0.05, 0.1) is 17.5 Å². The Bertz CT molecular complexity index is 729. The maximum absolute atomic E-state index is 13.9. The Kier molecular flexibility index (Phi) is 3.83. The molecule has 0 atom stereocenters. The van der Waals surface area contributed by atoms with E-state index in [4.69, 9.17) is 0 Å². The molecule has 1 amide bonds. The molecule has 1 aliphatic carbocycles. The lowest BCUT2D eigenvalue weighted by Crippen LogP contribution is -2.24. The van der Waals surface area contributed by atoms with Crippen molar-refractivity contribution in [1.82, 2.24) is 15.3 Å². The first-order valence-corrected chi connectivity index (χ1v) is 7.09. The van der Waals surface area contributed by atoms with Gasteiger partial charge in [-0.3, -0.25) is 14.8 Å². The number of halogens is 2. The molecular weight excluding hydrogens is 288 g/mol. The average molecular weight is 303 g/mol. The summed E-state index contributed by atoms with van der Waals surface area (Å²) in [7, 11) is 0. The second-order valence-electron chi connectivity index (χ2n) is 5.45. The van der Waals surface area contributed by atoms with E-state index in [1.165, 1.54) is 18.5 Å². The molecule has 0 spiro atoms. The zero-order chi connectivity index (χ0) is 15.7. The number of amides is 1. The van der Waals surface area contributed by atoms with E-state index >= 15 is 0 Å². The molecule has 0 bridgehead atoms. The molecule has 1 N–H and O–H groups in total. The molecule has 2 aromatic heterocycles. The Hall–Kier alpha value is -2.37. The minimum Gasteiger partial charge on any atom is -0.348 e. The van der Waals surface area contributed by atoms with E-state index in [9.17, 15) is 13.6 Å². The van der Waals surface area contributed by atoms with Crippen molar-refractivity contribution in [2.24, 2.45) is 0 Å². The van der Waals surface area contributed by atoms with Crippen molar-refractivity contribution in [3.63, 3.8) is 0 Å². The van der Waals surface area contributed by atoms with Crippen LogP contribution in [0.3, 0.4) is 0 Å². The van der Waals surface area contributed by atoms with Crippen LogP contribution < -0.4 is 5.32 Å². The molecule has 0 saturated heterocycles. The van der Waals surface area contributed by atoms with Gasteiger partial charge in [-0.15, -0.1) is 0 Å². The van der Waals surface area contributed by atoms with Gasteiger partial charge in [0.25, 0.3) is 5.91 Å². The van der Waals surface area contributed by atoms with Crippen LogP contribution in [0.5, 0.6) is 0 Å². The topological polar surface area (TPSA) is 54.9 Å². The van der Waals surface area contributed by atoms with Crippen LogP contribution in [0.15, 0.2) is 24.7 Å². The monoisotopic (exact) mass is 303 g/mol. The van der Waals surface area contributed by atoms with Crippen molar-refractivity contribution >= 4 is 5.91 Å². The molecule has 0 aliphatic heterocycles. The van der Waals surface area contributed by atoms with Crippen LogP contribution in [-0.2, 0) is 6.54 Å². The van der Waals surface area contributed by atoms with E-state index < -0.39 is 17.5 Å². The lowest BCUT2D eigenvalue weighted by atomic mass is 10.1. The molecule has 0 aromatic carbocycles. The SMILES string of the molecule is Cc1c(F)cncc1CNC(=O)c1cnc(C2CC2)c(F)c1. The second kappa shape index (κ2) is 5.79. The predicted molar refractivity (Wildman–Crippen MR) is 76.3 cm³/mol. The number of pyridine rings is 2. The summed E-state index contributed by atoms with van der Waals surface area (Å²) < 4.78 is 27.3. The van der Waals surface area contributed by atoms with Crippen molar-refractivity contribution in [2.75, 3.05) is 0 Å². The molecule has 0 radical (unpaired) electrons. The van der Waals surface area contributed by atoms with Gasteiger partial charge in [0.2, 0.25) is 0 Å². The van der Waals surface area contributed by atoms with Crippen LogP contribution in [0, 0.1) is 18.6 Å². The highest BCUT2D eigenvalue weighted by Gasteiger charge is 2.28. The normalized spacial score (nSPS) is 14.0. The number of carbonyl (C=O) groups excluding carboxylic acids is 1. The Balaban J connectivity index is 1.69. The molecule has 22 heavy (non-hydrogen) atoms. The summed E-state index contributed by atoms with van der Waals surface area (Å²) in [5.41, 5.74) is 1.60. The summed E-state index contributed by atoms with van der Waals surface area (Å²) in [6.07, 6.45) is 5.88. The van der Waals surface area contributed by atoms with Crippen LogP contribution in [0.1, 0.15) is 45.9 Å². The molecular formula is C16H15F2N3O. The van der Waals surface area contributed by atoms with Crippen LogP contribution in [-0.4, -0.2) is 15.9 Å². The highest BCUT2D eigenvalue weighted by molar-refractivity contribution is 5.93. The third-order valence-corrected chi connectivity index (χ3v) is 3.79. The molecule has 1 fully saturated rings. The summed E-state index contributed by atoms with van der Waals surface area (Å²) in [4.78, 5) is 19.8. The van der Waals surface area contributed by atoms with Crippen LogP contribution >= 0.6 is 0 Å². The maximum Gasteiger partial charge on any atom is 0.253 e. The Morgan fingerprint density at radius 3 is 2.73 bits per heavy atom. The fraction of sp³-hybridized carbons (Fsp3) is 0.312. The van der Waals surface area contributed by atoms with Gasteiger partial charge in [0.15, 0.2) is 0 Å². The minimum atomic E-state index is -0.447. The van der Waals surface area contributed by atoms with E-state index in [0.29, 0.717) is 16.8 Å². The lowest BCUT2D eigenvalue weighted by Gasteiger charge is -2.09. The van der Waals surface area contributed by atoms with E-state index in [-0.39, 0.29) is 18.0 Å². The maximum atomic E-state index is 13.9. The van der Waals surface area contributed by atoms with Crippen LogP contribution in [0.2, 0.25) is 0 Å². The fourth-order valence-corrected chi connectivity index (χ4v) is 2.23. The molecule has 1 aliphatic rings. The summed E-state index contributed by atoms with van der Waals surface area (Å²) in [6, 6.07) is 1.20. The number of hydrogen-bond donors (Lipinski definition) is 1.